The van der Waals surface area contributed by atoms with Gasteiger partial charge in [0.1, 0.15) is 5.76 Å². The summed E-state index contributed by atoms with van der Waals surface area (Å²) in [5.41, 5.74) is 0. The zero-order valence-electron chi connectivity index (χ0n) is 11.3. The number of carbonyl (C=O) groups is 1. The van der Waals surface area contributed by atoms with Crippen LogP contribution < -0.4 is 5.32 Å². The first-order chi connectivity index (χ1) is 9.13. The molecule has 1 heterocycles. The smallest absolute Gasteiger partial charge is 0.371 e. The third kappa shape index (κ3) is 2.54. The molecule has 19 heavy (non-hydrogen) atoms. The van der Waals surface area contributed by atoms with E-state index in [2.05, 4.69) is 12.2 Å². The molecule has 0 aromatic carbocycles. The molecule has 1 aromatic rings. The second-order valence-electron chi connectivity index (χ2n) is 6.08. The van der Waals surface area contributed by atoms with Gasteiger partial charge in [0.2, 0.25) is 5.76 Å². The molecule has 1 aromatic heterocycles. The molecule has 0 aliphatic heterocycles. The quantitative estimate of drug-likeness (QED) is 0.857. The maximum absolute atomic E-state index is 10.7. The predicted molar refractivity (Wildman–Crippen MR) is 70.9 cm³/mol. The minimum Gasteiger partial charge on any atom is -0.475 e. The Morgan fingerprint density at radius 1 is 1.47 bits per heavy atom. The molecule has 2 saturated carbocycles. The van der Waals surface area contributed by atoms with E-state index >= 15 is 0 Å². The first-order valence-electron chi connectivity index (χ1n) is 7.19. The fraction of sp³-hybridized carbons (Fsp3) is 0.667. The number of hydrogen-bond acceptors (Lipinski definition) is 3. The van der Waals surface area contributed by atoms with Gasteiger partial charge in [-0.2, -0.15) is 0 Å². The lowest BCUT2D eigenvalue weighted by Crippen LogP contribution is -2.35. The van der Waals surface area contributed by atoms with Crippen LogP contribution >= 0.6 is 0 Å². The summed E-state index contributed by atoms with van der Waals surface area (Å²) in [5, 5.41) is 12.3. The number of rotatable bonds is 5. The SMILES string of the molecule is CC(NCc1ccc(C(=O)O)o1)C1CC2CCC1C2. The molecule has 0 radical (unpaired) electrons. The third-order valence-corrected chi connectivity index (χ3v) is 4.91. The molecule has 4 nitrogen and oxygen atoms in total. The van der Waals surface area contributed by atoms with Gasteiger partial charge in [-0.05, 0) is 56.1 Å². The normalized spacial score (nSPS) is 30.7. The molecule has 0 saturated heterocycles. The van der Waals surface area contributed by atoms with Crippen molar-refractivity contribution in [1.82, 2.24) is 5.32 Å². The molecule has 2 aliphatic rings. The lowest BCUT2D eigenvalue weighted by Gasteiger charge is -2.28. The van der Waals surface area contributed by atoms with E-state index in [0.717, 1.165) is 17.8 Å². The predicted octanol–water partition coefficient (Wildman–Crippen LogP) is 2.89. The molecular weight excluding hydrogens is 242 g/mol. The van der Waals surface area contributed by atoms with Gasteiger partial charge >= 0.3 is 5.97 Å². The van der Waals surface area contributed by atoms with Gasteiger partial charge in [-0.3, -0.25) is 0 Å². The van der Waals surface area contributed by atoms with E-state index in [9.17, 15) is 4.79 Å². The highest BCUT2D eigenvalue weighted by Gasteiger charge is 2.41. The Kier molecular flexibility index (Phi) is 3.35. The van der Waals surface area contributed by atoms with Gasteiger partial charge < -0.3 is 14.8 Å². The van der Waals surface area contributed by atoms with E-state index in [4.69, 9.17) is 9.52 Å². The average molecular weight is 263 g/mol. The Hall–Kier alpha value is -1.29. The fourth-order valence-electron chi connectivity index (χ4n) is 3.91. The van der Waals surface area contributed by atoms with Crippen LogP contribution in [0.2, 0.25) is 0 Å². The Morgan fingerprint density at radius 2 is 2.32 bits per heavy atom. The summed E-state index contributed by atoms with van der Waals surface area (Å²) in [7, 11) is 0. The molecule has 2 fully saturated rings. The second-order valence-corrected chi connectivity index (χ2v) is 6.08. The highest BCUT2D eigenvalue weighted by Crippen LogP contribution is 2.49. The van der Waals surface area contributed by atoms with Crippen LogP contribution in [0, 0.1) is 17.8 Å². The highest BCUT2D eigenvalue weighted by atomic mass is 16.4. The minimum absolute atomic E-state index is 0.0179. The van der Waals surface area contributed by atoms with Crippen molar-refractivity contribution >= 4 is 5.97 Å². The average Bonchev–Trinajstić information content (AvgIpc) is 3.11. The number of aromatic carboxylic acids is 1. The lowest BCUT2D eigenvalue weighted by atomic mass is 9.84. The van der Waals surface area contributed by atoms with Gasteiger partial charge in [0, 0.05) is 6.04 Å². The van der Waals surface area contributed by atoms with Crippen molar-refractivity contribution in [2.75, 3.05) is 0 Å². The van der Waals surface area contributed by atoms with Gasteiger partial charge in [-0.15, -0.1) is 0 Å². The number of nitrogens with one attached hydrogen (secondary N) is 1. The van der Waals surface area contributed by atoms with E-state index in [1.807, 2.05) is 0 Å². The van der Waals surface area contributed by atoms with Crippen LogP contribution in [0.15, 0.2) is 16.5 Å². The minimum atomic E-state index is -1.01. The van der Waals surface area contributed by atoms with E-state index in [0.29, 0.717) is 18.3 Å². The van der Waals surface area contributed by atoms with E-state index in [-0.39, 0.29) is 5.76 Å². The number of carboxylic acid groups (broad SMARTS) is 1. The summed E-state index contributed by atoms with van der Waals surface area (Å²) in [6, 6.07) is 3.74. The van der Waals surface area contributed by atoms with Crippen molar-refractivity contribution < 1.29 is 14.3 Å². The molecule has 4 heteroatoms. The van der Waals surface area contributed by atoms with Crippen LogP contribution in [0.3, 0.4) is 0 Å². The van der Waals surface area contributed by atoms with Crippen LogP contribution in [0.5, 0.6) is 0 Å². The Morgan fingerprint density at radius 3 is 2.89 bits per heavy atom. The van der Waals surface area contributed by atoms with Crippen molar-refractivity contribution in [2.45, 2.75) is 45.2 Å². The number of fused-ring (bicyclic) bond motifs is 2. The molecule has 104 valence electrons. The number of hydrogen-bond donors (Lipinski definition) is 2. The first-order valence-corrected chi connectivity index (χ1v) is 7.19. The molecular formula is C15H21NO3. The summed E-state index contributed by atoms with van der Waals surface area (Å²) in [6.45, 7) is 2.86. The molecule has 2 bridgehead atoms. The maximum atomic E-state index is 10.7. The molecule has 3 rings (SSSR count). The lowest BCUT2D eigenvalue weighted by molar-refractivity contribution is 0.0660. The van der Waals surface area contributed by atoms with Crippen molar-refractivity contribution in [3.05, 3.63) is 23.7 Å². The van der Waals surface area contributed by atoms with Gasteiger partial charge in [-0.25, -0.2) is 4.79 Å². The van der Waals surface area contributed by atoms with Crippen LogP contribution in [0.25, 0.3) is 0 Å². The van der Waals surface area contributed by atoms with E-state index in [1.54, 1.807) is 6.07 Å². The Bertz CT molecular complexity index is 468. The topological polar surface area (TPSA) is 62.5 Å². The Balaban J connectivity index is 1.52. The number of carboxylic acids is 1. The van der Waals surface area contributed by atoms with Crippen molar-refractivity contribution in [3.8, 4) is 0 Å². The molecule has 4 unspecified atom stereocenters. The van der Waals surface area contributed by atoms with Crippen molar-refractivity contribution in [1.29, 1.82) is 0 Å². The first kappa shape index (κ1) is 12.7. The zero-order valence-corrected chi connectivity index (χ0v) is 11.3. The molecule has 0 amide bonds. The van der Waals surface area contributed by atoms with Gasteiger partial charge in [0.05, 0.1) is 6.54 Å². The zero-order chi connectivity index (χ0) is 13.4. The van der Waals surface area contributed by atoms with Crippen LogP contribution in [0.1, 0.15) is 48.9 Å². The summed E-state index contributed by atoms with van der Waals surface area (Å²) >= 11 is 0. The third-order valence-electron chi connectivity index (χ3n) is 4.91. The summed E-state index contributed by atoms with van der Waals surface area (Å²) in [4.78, 5) is 10.7. The van der Waals surface area contributed by atoms with Gasteiger partial charge in [0.25, 0.3) is 0 Å². The van der Waals surface area contributed by atoms with Crippen LogP contribution in [0.4, 0.5) is 0 Å². The van der Waals surface area contributed by atoms with Gasteiger partial charge in [-0.1, -0.05) is 6.42 Å². The second kappa shape index (κ2) is 5.00. The van der Waals surface area contributed by atoms with E-state index in [1.165, 1.54) is 31.7 Å². The van der Waals surface area contributed by atoms with Crippen molar-refractivity contribution in [3.63, 3.8) is 0 Å². The van der Waals surface area contributed by atoms with Crippen molar-refractivity contribution in [2.24, 2.45) is 17.8 Å². The standard InChI is InChI=1S/C15H21NO3/c1-9(13-7-10-2-3-11(13)6-10)16-8-12-4-5-14(19-12)15(17)18/h4-5,9-11,13,16H,2-3,6-8H2,1H3,(H,17,18). The molecule has 2 aliphatic carbocycles. The summed E-state index contributed by atoms with van der Waals surface area (Å²) in [5.74, 6) is 2.36. The Labute approximate surface area is 113 Å². The summed E-state index contributed by atoms with van der Waals surface area (Å²) in [6.07, 6.45) is 5.59. The molecule has 4 atom stereocenters. The monoisotopic (exact) mass is 263 g/mol. The fourth-order valence-corrected chi connectivity index (χ4v) is 3.91. The maximum Gasteiger partial charge on any atom is 0.371 e. The van der Waals surface area contributed by atoms with Crippen LogP contribution in [-0.2, 0) is 6.54 Å². The largest absolute Gasteiger partial charge is 0.475 e. The molecule has 0 spiro atoms. The van der Waals surface area contributed by atoms with E-state index < -0.39 is 5.97 Å². The molecule has 2 N–H and O–H groups in total. The highest BCUT2D eigenvalue weighted by molar-refractivity contribution is 5.84. The van der Waals surface area contributed by atoms with Crippen LogP contribution in [-0.4, -0.2) is 17.1 Å². The van der Waals surface area contributed by atoms with Gasteiger partial charge in [0.15, 0.2) is 0 Å². The summed E-state index contributed by atoms with van der Waals surface area (Å²) < 4.78 is 5.26. The number of furan rings is 1.